The zero-order chi connectivity index (χ0) is 25.0. The number of nitrogens with one attached hydrogen (secondary N) is 2. The van der Waals surface area contributed by atoms with Crippen LogP contribution in [0.25, 0.3) is 5.65 Å². The normalized spacial score (nSPS) is 20.0. The molecule has 190 valence electrons. The molecule has 0 aromatic carbocycles. The highest BCUT2D eigenvalue weighted by atomic mass is 32.2. The van der Waals surface area contributed by atoms with Gasteiger partial charge in [0, 0.05) is 52.0 Å². The second kappa shape index (κ2) is 8.64. The Bertz CT molecular complexity index is 1260. The number of carbonyl (C=O) groups is 2. The van der Waals surface area contributed by atoms with Crippen molar-refractivity contribution in [1.82, 2.24) is 29.2 Å². The highest BCUT2D eigenvalue weighted by Gasteiger charge is 2.41. The highest BCUT2D eigenvalue weighted by Crippen LogP contribution is 2.36. The Hall–Kier alpha value is -2.90. The fourth-order valence-electron chi connectivity index (χ4n) is 4.27. The van der Waals surface area contributed by atoms with Crippen LogP contribution in [0.3, 0.4) is 0 Å². The van der Waals surface area contributed by atoms with E-state index in [1.165, 1.54) is 17.3 Å². The summed E-state index contributed by atoms with van der Waals surface area (Å²) in [6.07, 6.45) is 4.49. The quantitative estimate of drug-likeness (QED) is 0.570. The predicted molar refractivity (Wildman–Crippen MR) is 128 cm³/mol. The van der Waals surface area contributed by atoms with E-state index in [1.807, 2.05) is 11.8 Å². The minimum atomic E-state index is -3.83. The molecule has 0 atom stereocenters. The molecule has 3 fully saturated rings. The number of fused-ring (bicyclic) bond motifs is 1. The number of piperazine rings is 1. The number of hydrogen-bond acceptors (Lipinski definition) is 7. The van der Waals surface area contributed by atoms with Crippen molar-refractivity contribution in [2.75, 3.05) is 58.4 Å². The van der Waals surface area contributed by atoms with Crippen molar-refractivity contribution in [3.8, 4) is 0 Å². The van der Waals surface area contributed by atoms with Crippen LogP contribution in [0.15, 0.2) is 23.4 Å². The molecule has 5 rings (SSSR count). The lowest BCUT2D eigenvalue weighted by molar-refractivity contribution is -0.00356. The summed E-state index contributed by atoms with van der Waals surface area (Å²) in [6.45, 7) is 4.78. The zero-order valence-electron chi connectivity index (χ0n) is 20.2. The third kappa shape index (κ3) is 4.67. The van der Waals surface area contributed by atoms with Gasteiger partial charge in [0.05, 0.1) is 31.1 Å². The Morgan fingerprint density at radius 1 is 1.17 bits per heavy atom. The van der Waals surface area contributed by atoms with E-state index >= 15 is 0 Å². The van der Waals surface area contributed by atoms with Gasteiger partial charge in [-0.05, 0) is 25.8 Å². The second-order valence-corrected chi connectivity index (χ2v) is 11.6. The number of ether oxygens (including phenoxy) is 1. The minimum absolute atomic E-state index is 0.0623. The van der Waals surface area contributed by atoms with Crippen molar-refractivity contribution in [3.05, 3.63) is 24.2 Å². The maximum absolute atomic E-state index is 13.3. The van der Waals surface area contributed by atoms with Crippen LogP contribution >= 0.6 is 0 Å². The third-order valence-corrected chi connectivity index (χ3v) is 8.34. The van der Waals surface area contributed by atoms with Crippen LogP contribution in [0.5, 0.6) is 0 Å². The van der Waals surface area contributed by atoms with Crippen molar-refractivity contribution in [2.45, 2.75) is 36.2 Å². The Morgan fingerprint density at radius 2 is 1.86 bits per heavy atom. The molecule has 0 spiro atoms. The number of sulfonamides is 1. The van der Waals surface area contributed by atoms with E-state index in [4.69, 9.17) is 4.74 Å². The lowest BCUT2D eigenvalue weighted by Crippen LogP contribution is -2.51. The van der Waals surface area contributed by atoms with Crippen LogP contribution in [-0.4, -0.2) is 105 Å². The average Bonchev–Trinajstić information content (AvgIpc) is 3.34. The first-order chi connectivity index (χ1) is 16.6. The fourth-order valence-corrected chi connectivity index (χ4v) is 5.75. The van der Waals surface area contributed by atoms with Crippen molar-refractivity contribution in [2.24, 2.45) is 0 Å². The number of rotatable bonds is 6. The summed E-state index contributed by atoms with van der Waals surface area (Å²) in [4.78, 5) is 35.2. The molecule has 1 aliphatic carbocycles. The molecule has 2 aromatic heterocycles. The zero-order valence-corrected chi connectivity index (χ0v) is 21.0. The Morgan fingerprint density at radius 3 is 2.43 bits per heavy atom. The van der Waals surface area contributed by atoms with Crippen molar-refractivity contribution >= 4 is 33.3 Å². The van der Waals surface area contributed by atoms with Crippen LogP contribution in [0.2, 0.25) is 0 Å². The fraction of sp³-hybridized carbons (Fsp3) is 0.591. The molecule has 2 saturated heterocycles. The molecule has 1 saturated carbocycles. The molecule has 0 bridgehead atoms. The van der Waals surface area contributed by atoms with Gasteiger partial charge < -0.3 is 24.8 Å². The van der Waals surface area contributed by atoms with E-state index in [0.717, 1.165) is 12.8 Å². The van der Waals surface area contributed by atoms with E-state index in [0.29, 0.717) is 50.7 Å². The first-order valence-electron chi connectivity index (χ1n) is 11.7. The molecule has 2 N–H and O–H groups in total. The molecule has 3 aliphatic rings. The molecule has 4 heterocycles. The maximum atomic E-state index is 13.3. The first-order valence-corrected chi connectivity index (χ1v) is 13.2. The Labute approximate surface area is 204 Å². The van der Waals surface area contributed by atoms with Gasteiger partial charge in [-0.25, -0.2) is 22.9 Å². The lowest BCUT2D eigenvalue weighted by Gasteiger charge is -2.37. The molecule has 2 aliphatic heterocycles. The number of hydrogen-bond donors (Lipinski definition) is 2. The van der Waals surface area contributed by atoms with E-state index < -0.39 is 15.6 Å². The second-order valence-electron chi connectivity index (χ2n) is 9.92. The van der Waals surface area contributed by atoms with Gasteiger partial charge in [0.1, 0.15) is 10.6 Å². The molecule has 35 heavy (non-hydrogen) atoms. The molecular weight excluding hydrogens is 474 g/mol. The summed E-state index contributed by atoms with van der Waals surface area (Å²) in [5.74, 6) is -0.338. The van der Waals surface area contributed by atoms with Crippen molar-refractivity contribution in [3.63, 3.8) is 0 Å². The molecule has 0 radical (unpaired) electrons. The van der Waals surface area contributed by atoms with Gasteiger partial charge in [-0.1, -0.05) is 0 Å². The van der Waals surface area contributed by atoms with Gasteiger partial charge in [0.15, 0.2) is 5.65 Å². The summed E-state index contributed by atoms with van der Waals surface area (Å²) in [6, 6.07) is 1.48. The summed E-state index contributed by atoms with van der Waals surface area (Å²) in [7, 11) is -0.399. The topological polar surface area (TPSA) is 129 Å². The van der Waals surface area contributed by atoms with Gasteiger partial charge >= 0.3 is 6.03 Å². The maximum Gasteiger partial charge on any atom is 0.319 e. The van der Waals surface area contributed by atoms with Gasteiger partial charge in [0.25, 0.3) is 5.91 Å². The summed E-state index contributed by atoms with van der Waals surface area (Å²) in [5.41, 5.74) is 0.913. The third-order valence-electron chi connectivity index (χ3n) is 6.73. The molecule has 0 unspecified atom stereocenters. The summed E-state index contributed by atoms with van der Waals surface area (Å²) >= 11 is 0. The number of imidazole rings is 1. The molecular formula is C22H31N7O5S. The van der Waals surface area contributed by atoms with Crippen LogP contribution in [-0.2, 0) is 14.8 Å². The molecule has 12 nitrogen and oxygen atoms in total. The standard InChI is InChI=1S/C22H31N7O5S/c1-22(4-5-22)25-35(32,33)16-10-17(27-6-8-28(9-7-27)21(31)26(2)3)19-23-11-18(29(19)12-16)20(30)24-15-13-34-14-15/h10-12,15,25H,4-9,13-14H2,1-3H3,(H,24,30). The van der Waals surface area contributed by atoms with E-state index in [2.05, 4.69) is 15.0 Å². The summed E-state index contributed by atoms with van der Waals surface area (Å²) in [5, 5.41) is 2.89. The van der Waals surface area contributed by atoms with Crippen molar-refractivity contribution < 1.29 is 22.7 Å². The van der Waals surface area contributed by atoms with E-state index in [1.54, 1.807) is 29.5 Å². The van der Waals surface area contributed by atoms with Gasteiger partial charge in [-0.2, -0.15) is 0 Å². The molecule has 3 amide bonds. The minimum Gasteiger partial charge on any atom is -0.377 e. The van der Waals surface area contributed by atoms with Crippen LogP contribution in [0.1, 0.15) is 30.3 Å². The van der Waals surface area contributed by atoms with Gasteiger partial charge in [0.2, 0.25) is 10.0 Å². The largest absolute Gasteiger partial charge is 0.377 e. The molecule has 13 heteroatoms. The Balaban J connectivity index is 1.51. The van der Waals surface area contributed by atoms with Gasteiger partial charge in [-0.3, -0.25) is 9.20 Å². The Kier molecular flexibility index (Phi) is 5.88. The number of anilines is 1. The highest BCUT2D eigenvalue weighted by molar-refractivity contribution is 7.89. The monoisotopic (exact) mass is 505 g/mol. The lowest BCUT2D eigenvalue weighted by atomic mass is 10.2. The van der Waals surface area contributed by atoms with Crippen LogP contribution in [0.4, 0.5) is 10.5 Å². The number of urea groups is 1. The number of pyridine rings is 1. The number of aromatic nitrogens is 2. The molecule has 2 aromatic rings. The SMILES string of the molecule is CN(C)C(=O)N1CCN(c2cc(S(=O)(=O)NC3(C)CC3)cn3c(C(=O)NC4COC4)cnc23)CC1. The van der Waals surface area contributed by atoms with E-state index in [9.17, 15) is 18.0 Å². The predicted octanol–water partition coefficient (Wildman–Crippen LogP) is 0.0973. The van der Waals surface area contributed by atoms with Crippen molar-refractivity contribution in [1.29, 1.82) is 0 Å². The van der Waals surface area contributed by atoms with E-state index in [-0.39, 0.29) is 28.6 Å². The average molecular weight is 506 g/mol. The smallest absolute Gasteiger partial charge is 0.319 e. The first kappa shape index (κ1) is 23.8. The van der Waals surface area contributed by atoms with Crippen LogP contribution in [0, 0.1) is 0 Å². The van der Waals surface area contributed by atoms with Gasteiger partial charge in [-0.15, -0.1) is 0 Å². The van der Waals surface area contributed by atoms with Crippen LogP contribution < -0.4 is 14.9 Å². The number of carbonyl (C=O) groups excluding carboxylic acids is 2. The summed E-state index contributed by atoms with van der Waals surface area (Å²) < 4.78 is 36.0. The number of amides is 3. The number of nitrogens with zero attached hydrogens (tertiary/aromatic N) is 5.